The summed E-state index contributed by atoms with van der Waals surface area (Å²) in [5, 5.41) is 13.1. The van der Waals surface area contributed by atoms with Crippen molar-refractivity contribution in [3.8, 4) is 5.82 Å². The van der Waals surface area contributed by atoms with Crippen molar-refractivity contribution in [3.63, 3.8) is 0 Å². The van der Waals surface area contributed by atoms with E-state index in [1.54, 1.807) is 4.68 Å². The van der Waals surface area contributed by atoms with Crippen LogP contribution in [-0.4, -0.2) is 51.1 Å². The van der Waals surface area contributed by atoms with Crippen LogP contribution in [0, 0.1) is 13.8 Å². The minimum Gasteiger partial charge on any atom is -0.353 e. The molecule has 1 saturated heterocycles. The Balaban J connectivity index is 1.35. The Kier molecular flexibility index (Phi) is 4.67. The minimum absolute atomic E-state index is 0.750. The van der Waals surface area contributed by atoms with Crippen molar-refractivity contribution in [2.75, 3.05) is 31.1 Å². The lowest BCUT2D eigenvalue weighted by Crippen LogP contribution is -2.46. The van der Waals surface area contributed by atoms with Crippen molar-refractivity contribution in [2.24, 2.45) is 0 Å². The first-order valence-corrected chi connectivity index (χ1v) is 9.06. The molecule has 0 radical (unpaired) electrons. The van der Waals surface area contributed by atoms with E-state index in [0.717, 1.165) is 50.1 Å². The third kappa shape index (κ3) is 3.75. The fourth-order valence-corrected chi connectivity index (χ4v) is 3.24. The number of rotatable bonds is 4. The molecule has 1 aliphatic heterocycles. The number of aromatic nitrogens is 4. The molecule has 1 aromatic carbocycles. The number of hydrogen-bond acceptors (Lipinski definition) is 5. The van der Waals surface area contributed by atoms with Gasteiger partial charge in [-0.3, -0.25) is 4.90 Å². The van der Waals surface area contributed by atoms with Gasteiger partial charge in [0.2, 0.25) is 0 Å². The quantitative estimate of drug-likeness (QED) is 0.725. The molecule has 6 nitrogen and oxygen atoms in total. The molecule has 0 atom stereocenters. The van der Waals surface area contributed by atoms with E-state index < -0.39 is 0 Å². The Morgan fingerprint density at radius 2 is 1.50 bits per heavy atom. The largest absolute Gasteiger partial charge is 0.353 e. The van der Waals surface area contributed by atoms with Gasteiger partial charge in [0.05, 0.1) is 5.69 Å². The zero-order valence-corrected chi connectivity index (χ0v) is 15.3. The normalized spacial score (nSPS) is 15.4. The van der Waals surface area contributed by atoms with Gasteiger partial charge in [-0.15, -0.1) is 10.2 Å². The molecular weight excluding hydrogens is 324 g/mol. The molecule has 0 aliphatic carbocycles. The smallest absolute Gasteiger partial charge is 0.175 e. The number of nitrogens with zero attached hydrogens (tertiary/aromatic N) is 6. The van der Waals surface area contributed by atoms with Gasteiger partial charge in [0.1, 0.15) is 0 Å². The topological polar surface area (TPSA) is 50.1 Å². The van der Waals surface area contributed by atoms with Gasteiger partial charge in [0.15, 0.2) is 11.6 Å². The Hall–Kier alpha value is -2.73. The molecule has 0 saturated carbocycles. The second-order valence-corrected chi connectivity index (χ2v) is 6.90. The number of benzene rings is 1. The highest BCUT2D eigenvalue weighted by atomic mass is 15.4. The molecule has 0 unspecified atom stereocenters. The molecule has 3 heterocycles. The number of hydrogen-bond donors (Lipinski definition) is 0. The maximum Gasteiger partial charge on any atom is 0.175 e. The SMILES string of the molecule is Cc1ccc(CN2CCN(c3ccc(-n4ccc(C)n4)nn3)CC2)cc1. The lowest BCUT2D eigenvalue weighted by molar-refractivity contribution is 0.249. The van der Waals surface area contributed by atoms with E-state index in [1.807, 2.05) is 31.3 Å². The summed E-state index contributed by atoms with van der Waals surface area (Å²) in [7, 11) is 0. The van der Waals surface area contributed by atoms with Crippen LogP contribution < -0.4 is 4.90 Å². The molecule has 0 bridgehead atoms. The number of aryl methyl sites for hydroxylation is 2. The molecule has 3 aromatic rings. The first-order chi connectivity index (χ1) is 12.7. The fourth-order valence-electron chi connectivity index (χ4n) is 3.24. The zero-order chi connectivity index (χ0) is 17.9. The van der Waals surface area contributed by atoms with Crippen LogP contribution >= 0.6 is 0 Å². The Labute approximate surface area is 154 Å². The first kappa shape index (κ1) is 16.7. The molecule has 0 amide bonds. The van der Waals surface area contributed by atoms with Crippen LogP contribution in [-0.2, 0) is 6.54 Å². The maximum atomic E-state index is 4.40. The van der Waals surface area contributed by atoms with E-state index in [4.69, 9.17) is 0 Å². The van der Waals surface area contributed by atoms with Crippen LogP contribution in [0.5, 0.6) is 0 Å². The van der Waals surface area contributed by atoms with Gasteiger partial charge in [0, 0.05) is 38.9 Å². The lowest BCUT2D eigenvalue weighted by Gasteiger charge is -2.35. The summed E-state index contributed by atoms with van der Waals surface area (Å²) < 4.78 is 1.76. The average molecular weight is 348 g/mol. The van der Waals surface area contributed by atoms with Crippen molar-refractivity contribution < 1.29 is 0 Å². The molecule has 1 fully saturated rings. The third-order valence-corrected chi connectivity index (χ3v) is 4.82. The Bertz CT molecular complexity index is 845. The van der Waals surface area contributed by atoms with Crippen LogP contribution in [0.3, 0.4) is 0 Å². The first-order valence-electron chi connectivity index (χ1n) is 9.06. The van der Waals surface area contributed by atoms with Crippen molar-refractivity contribution in [1.29, 1.82) is 0 Å². The van der Waals surface area contributed by atoms with Gasteiger partial charge in [-0.2, -0.15) is 5.10 Å². The summed E-state index contributed by atoms with van der Waals surface area (Å²) in [5.74, 6) is 1.69. The van der Waals surface area contributed by atoms with Crippen LogP contribution in [0.4, 0.5) is 5.82 Å². The van der Waals surface area contributed by atoms with Crippen molar-refractivity contribution in [1.82, 2.24) is 24.9 Å². The Morgan fingerprint density at radius 3 is 2.12 bits per heavy atom. The fraction of sp³-hybridized carbons (Fsp3) is 0.350. The highest BCUT2D eigenvalue weighted by Crippen LogP contribution is 2.16. The minimum atomic E-state index is 0.750. The average Bonchev–Trinajstić information content (AvgIpc) is 3.11. The van der Waals surface area contributed by atoms with Crippen molar-refractivity contribution in [2.45, 2.75) is 20.4 Å². The monoisotopic (exact) mass is 348 g/mol. The molecule has 134 valence electrons. The van der Waals surface area contributed by atoms with E-state index in [9.17, 15) is 0 Å². The van der Waals surface area contributed by atoms with Crippen LogP contribution in [0.1, 0.15) is 16.8 Å². The maximum absolute atomic E-state index is 4.40. The predicted octanol–water partition coefficient (Wildman–Crippen LogP) is 2.60. The van der Waals surface area contributed by atoms with Gasteiger partial charge in [-0.1, -0.05) is 29.8 Å². The summed E-state index contributed by atoms with van der Waals surface area (Å²) in [6.45, 7) is 9.13. The van der Waals surface area contributed by atoms with Crippen molar-refractivity contribution in [3.05, 3.63) is 65.5 Å². The highest BCUT2D eigenvalue weighted by molar-refractivity contribution is 5.40. The number of piperazine rings is 1. The number of anilines is 1. The molecule has 1 aliphatic rings. The van der Waals surface area contributed by atoms with E-state index in [2.05, 4.69) is 56.3 Å². The second-order valence-electron chi connectivity index (χ2n) is 6.90. The lowest BCUT2D eigenvalue weighted by atomic mass is 10.1. The zero-order valence-electron chi connectivity index (χ0n) is 15.3. The van der Waals surface area contributed by atoms with Crippen LogP contribution in [0.2, 0.25) is 0 Å². The molecule has 4 rings (SSSR count). The molecule has 0 N–H and O–H groups in total. The van der Waals surface area contributed by atoms with Gasteiger partial charge in [-0.05, 0) is 37.6 Å². The molecule has 26 heavy (non-hydrogen) atoms. The van der Waals surface area contributed by atoms with E-state index in [1.165, 1.54) is 11.1 Å². The van der Waals surface area contributed by atoms with Gasteiger partial charge >= 0.3 is 0 Å². The highest BCUT2D eigenvalue weighted by Gasteiger charge is 2.18. The summed E-state index contributed by atoms with van der Waals surface area (Å²) in [4.78, 5) is 4.80. The van der Waals surface area contributed by atoms with E-state index in [-0.39, 0.29) is 0 Å². The third-order valence-electron chi connectivity index (χ3n) is 4.82. The molecule has 0 spiro atoms. The van der Waals surface area contributed by atoms with Crippen LogP contribution in [0.15, 0.2) is 48.7 Å². The van der Waals surface area contributed by atoms with Gasteiger partial charge < -0.3 is 4.90 Å². The van der Waals surface area contributed by atoms with Crippen LogP contribution in [0.25, 0.3) is 5.82 Å². The summed E-state index contributed by atoms with van der Waals surface area (Å²) >= 11 is 0. The predicted molar refractivity (Wildman–Crippen MR) is 103 cm³/mol. The second kappa shape index (κ2) is 7.25. The van der Waals surface area contributed by atoms with Gasteiger partial charge in [0.25, 0.3) is 0 Å². The van der Waals surface area contributed by atoms with E-state index in [0.29, 0.717) is 0 Å². The molecule has 6 heteroatoms. The van der Waals surface area contributed by atoms with Gasteiger partial charge in [-0.25, -0.2) is 4.68 Å². The Morgan fingerprint density at radius 1 is 0.808 bits per heavy atom. The summed E-state index contributed by atoms with van der Waals surface area (Å²) in [6, 6.07) is 14.8. The standard InChI is InChI=1S/C20H24N6/c1-16-3-5-18(6-4-16)15-24-11-13-25(14-12-24)19-7-8-20(22-21-19)26-10-9-17(2)23-26/h3-10H,11-15H2,1-2H3. The summed E-state index contributed by atoms with van der Waals surface area (Å²) in [6.07, 6.45) is 1.91. The molecular formula is C20H24N6. The van der Waals surface area contributed by atoms with Crippen molar-refractivity contribution >= 4 is 5.82 Å². The molecule has 2 aromatic heterocycles. The summed E-state index contributed by atoms with van der Waals surface area (Å²) in [5.41, 5.74) is 3.66. The van der Waals surface area contributed by atoms with E-state index >= 15 is 0 Å².